The van der Waals surface area contributed by atoms with Crippen molar-refractivity contribution in [1.82, 2.24) is 0 Å². The Hall–Kier alpha value is -1.51. The topological polar surface area (TPSA) is 29.5 Å². The van der Waals surface area contributed by atoms with Gasteiger partial charge in [-0.05, 0) is 48.7 Å². The summed E-state index contributed by atoms with van der Waals surface area (Å²) in [6.45, 7) is 4.03. The molecule has 0 aliphatic rings. The van der Waals surface area contributed by atoms with E-state index in [9.17, 15) is 5.11 Å². The molecule has 20 heavy (non-hydrogen) atoms. The minimum atomic E-state index is -0.567. The van der Waals surface area contributed by atoms with Crippen LogP contribution in [-0.2, 0) is 6.42 Å². The molecule has 0 radical (unpaired) electrons. The van der Waals surface area contributed by atoms with Crippen LogP contribution in [0.2, 0.25) is 5.02 Å². The summed E-state index contributed by atoms with van der Waals surface area (Å²) in [7, 11) is 1.62. The summed E-state index contributed by atoms with van der Waals surface area (Å²) in [5, 5.41) is 11.1. The van der Waals surface area contributed by atoms with Crippen LogP contribution in [0.3, 0.4) is 0 Å². The number of rotatable bonds is 4. The number of ether oxygens (including phenoxy) is 1. The van der Waals surface area contributed by atoms with E-state index in [4.69, 9.17) is 16.3 Å². The molecule has 2 aromatic carbocycles. The molecule has 0 spiro atoms. The highest BCUT2D eigenvalue weighted by molar-refractivity contribution is 6.30. The second-order valence-corrected chi connectivity index (χ2v) is 5.47. The number of benzene rings is 2. The number of hydrogen-bond donors (Lipinski definition) is 1. The third-order valence-corrected chi connectivity index (χ3v) is 3.68. The normalized spacial score (nSPS) is 12.2. The molecule has 0 aliphatic carbocycles. The van der Waals surface area contributed by atoms with Crippen molar-refractivity contribution in [1.29, 1.82) is 0 Å². The number of halogens is 1. The lowest BCUT2D eigenvalue weighted by atomic mass is 9.96. The minimum absolute atomic E-state index is 0.480. The van der Waals surface area contributed by atoms with Gasteiger partial charge in [0.05, 0.1) is 13.2 Å². The molecule has 106 valence electrons. The molecule has 2 rings (SSSR count). The highest BCUT2D eigenvalue weighted by atomic mass is 35.5. The quantitative estimate of drug-likeness (QED) is 0.912. The first-order valence-corrected chi connectivity index (χ1v) is 6.96. The molecule has 2 aromatic rings. The molecule has 0 heterocycles. The highest BCUT2D eigenvalue weighted by Crippen LogP contribution is 2.29. The van der Waals surface area contributed by atoms with E-state index in [0.29, 0.717) is 11.4 Å². The smallest absolute Gasteiger partial charge is 0.122 e. The standard InChI is InChI=1S/C17H19ClO2/c1-11-4-5-12(2)15(8-11)16(19)10-13-9-14(18)6-7-17(13)20-3/h4-9,16,19H,10H2,1-3H3. The van der Waals surface area contributed by atoms with Crippen molar-refractivity contribution in [2.45, 2.75) is 26.4 Å². The van der Waals surface area contributed by atoms with Crippen molar-refractivity contribution in [2.75, 3.05) is 7.11 Å². The Morgan fingerprint density at radius 1 is 1.15 bits per heavy atom. The molecule has 0 fully saturated rings. The van der Waals surface area contributed by atoms with Crippen molar-refractivity contribution in [3.8, 4) is 5.75 Å². The van der Waals surface area contributed by atoms with E-state index < -0.39 is 6.10 Å². The largest absolute Gasteiger partial charge is 0.496 e. The van der Waals surface area contributed by atoms with Crippen molar-refractivity contribution < 1.29 is 9.84 Å². The molecule has 0 saturated heterocycles. The third kappa shape index (κ3) is 3.33. The summed E-state index contributed by atoms with van der Waals surface area (Å²) in [4.78, 5) is 0. The molecule has 2 nitrogen and oxygen atoms in total. The van der Waals surface area contributed by atoms with E-state index in [1.165, 1.54) is 0 Å². The molecule has 0 saturated carbocycles. The van der Waals surface area contributed by atoms with E-state index in [2.05, 4.69) is 0 Å². The Bertz CT molecular complexity index is 608. The van der Waals surface area contributed by atoms with Gasteiger partial charge in [0.15, 0.2) is 0 Å². The summed E-state index contributed by atoms with van der Waals surface area (Å²) in [6, 6.07) is 11.6. The van der Waals surface area contributed by atoms with Crippen LogP contribution in [0.15, 0.2) is 36.4 Å². The van der Waals surface area contributed by atoms with Crippen LogP contribution in [0.1, 0.15) is 28.4 Å². The van der Waals surface area contributed by atoms with Gasteiger partial charge in [-0.15, -0.1) is 0 Å². The summed E-state index contributed by atoms with van der Waals surface area (Å²) in [5.41, 5.74) is 4.09. The van der Waals surface area contributed by atoms with Crippen molar-refractivity contribution >= 4 is 11.6 Å². The van der Waals surface area contributed by atoms with E-state index in [1.54, 1.807) is 13.2 Å². The van der Waals surface area contributed by atoms with Gasteiger partial charge in [-0.3, -0.25) is 0 Å². The number of hydrogen-bond acceptors (Lipinski definition) is 2. The molecule has 0 aromatic heterocycles. The van der Waals surface area contributed by atoms with Crippen LogP contribution in [0, 0.1) is 13.8 Å². The van der Waals surface area contributed by atoms with Gasteiger partial charge in [0.25, 0.3) is 0 Å². The summed E-state index contributed by atoms with van der Waals surface area (Å²) < 4.78 is 5.32. The fourth-order valence-corrected chi connectivity index (χ4v) is 2.54. The predicted octanol–water partition coefficient (Wildman–Crippen LogP) is 4.24. The number of aryl methyl sites for hydroxylation is 2. The molecule has 0 amide bonds. The Morgan fingerprint density at radius 2 is 1.90 bits per heavy atom. The fourth-order valence-electron chi connectivity index (χ4n) is 2.34. The molecule has 1 N–H and O–H groups in total. The fraction of sp³-hybridized carbons (Fsp3) is 0.294. The van der Waals surface area contributed by atoms with E-state index in [0.717, 1.165) is 28.0 Å². The average Bonchev–Trinajstić information content (AvgIpc) is 2.41. The van der Waals surface area contributed by atoms with Gasteiger partial charge < -0.3 is 9.84 Å². The summed E-state index contributed by atoms with van der Waals surface area (Å²) >= 11 is 6.02. The first-order valence-electron chi connectivity index (χ1n) is 6.59. The summed E-state index contributed by atoms with van der Waals surface area (Å²) in [5.74, 6) is 0.749. The zero-order valence-electron chi connectivity index (χ0n) is 12.0. The van der Waals surface area contributed by atoms with Gasteiger partial charge in [0.2, 0.25) is 0 Å². The van der Waals surface area contributed by atoms with Gasteiger partial charge in [-0.25, -0.2) is 0 Å². The maximum atomic E-state index is 10.5. The second kappa shape index (κ2) is 6.29. The van der Waals surface area contributed by atoms with Crippen LogP contribution < -0.4 is 4.74 Å². The minimum Gasteiger partial charge on any atom is -0.496 e. The van der Waals surface area contributed by atoms with Gasteiger partial charge in [0.1, 0.15) is 5.75 Å². The molecule has 0 bridgehead atoms. The molecule has 3 heteroatoms. The predicted molar refractivity (Wildman–Crippen MR) is 82.6 cm³/mol. The Morgan fingerprint density at radius 3 is 2.60 bits per heavy atom. The van der Waals surface area contributed by atoms with E-state index in [-0.39, 0.29) is 0 Å². The SMILES string of the molecule is COc1ccc(Cl)cc1CC(O)c1cc(C)ccc1C. The van der Waals surface area contributed by atoms with Gasteiger partial charge >= 0.3 is 0 Å². The van der Waals surface area contributed by atoms with Crippen LogP contribution >= 0.6 is 11.6 Å². The van der Waals surface area contributed by atoms with Gasteiger partial charge in [-0.2, -0.15) is 0 Å². The number of aliphatic hydroxyl groups excluding tert-OH is 1. The maximum Gasteiger partial charge on any atom is 0.122 e. The molecule has 1 unspecified atom stereocenters. The lowest BCUT2D eigenvalue weighted by molar-refractivity contribution is 0.176. The van der Waals surface area contributed by atoms with Crippen molar-refractivity contribution in [3.63, 3.8) is 0 Å². The third-order valence-electron chi connectivity index (χ3n) is 3.45. The Kier molecular flexibility index (Phi) is 4.69. The second-order valence-electron chi connectivity index (χ2n) is 5.04. The zero-order valence-corrected chi connectivity index (χ0v) is 12.7. The number of aliphatic hydroxyl groups is 1. The summed E-state index contributed by atoms with van der Waals surface area (Å²) in [6.07, 6.45) is -0.0872. The van der Waals surface area contributed by atoms with Gasteiger partial charge in [-0.1, -0.05) is 35.4 Å². The molecular weight excluding hydrogens is 272 g/mol. The van der Waals surface area contributed by atoms with Crippen LogP contribution in [0.4, 0.5) is 0 Å². The molecular formula is C17H19ClO2. The average molecular weight is 291 g/mol. The van der Waals surface area contributed by atoms with Crippen LogP contribution in [0.25, 0.3) is 0 Å². The van der Waals surface area contributed by atoms with Crippen LogP contribution in [0.5, 0.6) is 5.75 Å². The van der Waals surface area contributed by atoms with Crippen LogP contribution in [-0.4, -0.2) is 12.2 Å². The molecule has 1 atom stereocenters. The first-order chi connectivity index (χ1) is 9.51. The van der Waals surface area contributed by atoms with Gasteiger partial charge in [0, 0.05) is 11.4 Å². The lowest BCUT2D eigenvalue weighted by Crippen LogP contribution is -2.05. The van der Waals surface area contributed by atoms with E-state index in [1.807, 2.05) is 44.2 Å². The first kappa shape index (κ1) is 14.9. The maximum absolute atomic E-state index is 10.5. The zero-order chi connectivity index (χ0) is 14.7. The van der Waals surface area contributed by atoms with E-state index >= 15 is 0 Å². The molecule has 0 aliphatic heterocycles. The van der Waals surface area contributed by atoms with Crippen molar-refractivity contribution in [3.05, 3.63) is 63.7 Å². The lowest BCUT2D eigenvalue weighted by Gasteiger charge is -2.16. The highest BCUT2D eigenvalue weighted by Gasteiger charge is 2.14. The Balaban J connectivity index is 2.29. The van der Waals surface area contributed by atoms with Crippen molar-refractivity contribution in [2.24, 2.45) is 0 Å². The Labute approximate surface area is 125 Å². The monoisotopic (exact) mass is 290 g/mol. The number of methoxy groups -OCH3 is 1.